The molecule has 0 aromatic rings. The first kappa shape index (κ1) is 18.4. The summed E-state index contributed by atoms with van der Waals surface area (Å²) < 4.78 is 0. The molecule has 0 aromatic carbocycles. The van der Waals surface area contributed by atoms with Gasteiger partial charge >= 0.3 is 5.97 Å². The van der Waals surface area contributed by atoms with Crippen LogP contribution >= 0.6 is 0 Å². The normalized spacial score (nSPS) is 14.9. The lowest BCUT2D eigenvalue weighted by molar-refractivity contribution is -0.145. The van der Waals surface area contributed by atoms with E-state index in [1.54, 1.807) is 6.92 Å². The van der Waals surface area contributed by atoms with Crippen molar-refractivity contribution in [1.29, 1.82) is 0 Å². The third kappa shape index (κ3) is 7.50. The zero-order chi connectivity index (χ0) is 14.9. The van der Waals surface area contributed by atoms with Crippen LogP contribution < -0.4 is 5.32 Å². The summed E-state index contributed by atoms with van der Waals surface area (Å²) in [5, 5.41) is 12.6. The van der Waals surface area contributed by atoms with Crippen LogP contribution in [0.3, 0.4) is 0 Å². The third-order valence-electron chi connectivity index (χ3n) is 3.18. The molecule has 0 rings (SSSR count). The number of rotatable bonds is 11. The maximum atomic E-state index is 11.5. The predicted molar refractivity (Wildman–Crippen MR) is 79.6 cm³/mol. The molecule has 0 amide bonds. The molecule has 0 aliphatic rings. The van der Waals surface area contributed by atoms with Gasteiger partial charge in [-0.3, -0.25) is 9.69 Å². The molecule has 0 saturated carbocycles. The first-order chi connectivity index (χ1) is 8.85. The average Bonchev–Trinajstić information content (AvgIpc) is 2.33. The van der Waals surface area contributed by atoms with Gasteiger partial charge in [-0.15, -0.1) is 0 Å². The molecule has 0 saturated heterocycles. The van der Waals surface area contributed by atoms with Gasteiger partial charge < -0.3 is 15.3 Å². The average molecular weight is 273 g/mol. The monoisotopic (exact) mass is 273 g/mol. The number of nitrogens with one attached hydrogen (secondary N) is 1. The van der Waals surface area contributed by atoms with Crippen molar-refractivity contribution < 1.29 is 9.90 Å². The minimum Gasteiger partial charge on any atom is -0.480 e. The molecule has 19 heavy (non-hydrogen) atoms. The Kier molecular flexibility index (Phi) is 8.97. The van der Waals surface area contributed by atoms with Gasteiger partial charge in [0.1, 0.15) is 5.54 Å². The molecular weight excluding hydrogens is 242 g/mol. The molecule has 0 heterocycles. The van der Waals surface area contributed by atoms with Crippen molar-refractivity contribution in [1.82, 2.24) is 15.1 Å². The number of carboxylic acid groups (broad SMARTS) is 1. The van der Waals surface area contributed by atoms with Gasteiger partial charge in [0.2, 0.25) is 0 Å². The van der Waals surface area contributed by atoms with Crippen LogP contribution in [0.4, 0.5) is 0 Å². The summed E-state index contributed by atoms with van der Waals surface area (Å²) in [5.41, 5.74) is -0.864. The van der Waals surface area contributed by atoms with E-state index in [9.17, 15) is 9.90 Å². The SMILES string of the molecule is CCCNC(C)(CN(CCC)CCN(C)C)C(=O)O. The smallest absolute Gasteiger partial charge is 0.324 e. The third-order valence-corrected chi connectivity index (χ3v) is 3.18. The Labute approximate surface area is 118 Å². The van der Waals surface area contributed by atoms with E-state index in [0.29, 0.717) is 6.54 Å². The molecule has 2 N–H and O–H groups in total. The molecule has 0 aromatic heterocycles. The number of hydrogen-bond acceptors (Lipinski definition) is 4. The summed E-state index contributed by atoms with van der Waals surface area (Å²) in [6, 6.07) is 0. The quantitative estimate of drug-likeness (QED) is 0.590. The lowest BCUT2D eigenvalue weighted by atomic mass is 10.0. The van der Waals surface area contributed by atoms with Gasteiger partial charge in [-0.2, -0.15) is 0 Å². The van der Waals surface area contributed by atoms with Gasteiger partial charge in [0.15, 0.2) is 0 Å². The van der Waals surface area contributed by atoms with Gasteiger partial charge in [0, 0.05) is 19.6 Å². The molecular formula is C14H31N3O2. The van der Waals surface area contributed by atoms with Crippen molar-refractivity contribution >= 4 is 5.97 Å². The van der Waals surface area contributed by atoms with Crippen molar-refractivity contribution in [2.24, 2.45) is 0 Å². The zero-order valence-corrected chi connectivity index (χ0v) is 13.2. The second kappa shape index (κ2) is 9.28. The minimum atomic E-state index is -0.864. The summed E-state index contributed by atoms with van der Waals surface area (Å²) in [5.74, 6) is -0.771. The molecule has 1 unspecified atom stereocenters. The molecule has 5 nitrogen and oxygen atoms in total. The number of carbonyl (C=O) groups is 1. The van der Waals surface area contributed by atoms with Crippen LogP contribution in [0.5, 0.6) is 0 Å². The van der Waals surface area contributed by atoms with Crippen molar-refractivity contribution in [3.63, 3.8) is 0 Å². The second-order valence-corrected chi connectivity index (χ2v) is 5.64. The first-order valence-corrected chi connectivity index (χ1v) is 7.21. The van der Waals surface area contributed by atoms with E-state index in [0.717, 1.165) is 39.0 Å². The van der Waals surface area contributed by atoms with Crippen LogP contribution in [0, 0.1) is 0 Å². The Morgan fingerprint density at radius 1 is 1.16 bits per heavy atom. The van der Waals surface area contributed by atoms with Crippen LogP contribution in [-0.2, 0) is 4.79 Å². The fourth-order valence-corrected chi connectivity index (χ4v) is 1.97. The van der Waals surface area contributed by atoms with Gasteiger partial charge in [-0.1, -0.05) is 13.8 Å². The number of nitrogens with zero attached hydrogens (tertiary/aromatic N) is 2. The molecule has 5 heteroatoms. The van der Waals surface area contributed by atoms with E-state index in [1.165, 1.54) is 0 Å². The lowest BCUT2D eigenvalue weighted by Crippen LogP contribution is -2.57. The van der Waals surface area contributed by atoms with E-state index in [-0.39, 0.29) is 0 Å². The highest BCUT2D eigenvalue weighted by molar-refractivity contribution is 5.78. The number of hydrogen-bond donors (Lipinski definition) is 2. The van der Waals surface area contributed by atoms with Crippen molar-refractivity contribution in [2.75, 3.05) is 46.8 Å². The summed E-state index contributed by atoms with van der Waals surface area (Å²) in [7, 11) is 4.08. The van der Waals surface area contributed by atoms with E-state index in [1.807, 2.05) is 21.0 Å². The van der Waals surface area contributed by atoms with Crippen LogP contribution in [0.2, 0.25) is 0 Å². The molecule has 1 atom stereocenters. The molecule has 0 spiro atoms. The molecule has 114 valence electrons. The molecule has 0 aliphatic carbocycles. The van der Waals surface area contributed by atoms with Gasteiger partial charge in [-0.25, -0.2) is 0 Å². The number of carboxylic acids is 1. The highest BCUT2D eigenvalue weighted by Crippen LogP contribution is 2.08. The second-order valence-electron chi connectivity index (χ2n) is 5.64. The number of likely N-dealkylation sites (N-methyl/N-ethyl adjacent to an activating group) is 1. The van der Waals surface area contributed by atoms with E-state index in [4.69, 9.17) is 0 Å². The molecule has 0 aliphatic heterocycles. The number of aliphatic carboxylic acids is 1. The fraction of sp³-hybridized carbons (Fsp3) is 0.929. The van der Waals surface area contributed by atoms with Crippen molar-refractivity contribution in [3.05, 3.63) is 0 Å². The Bertz CT molecular complexity index is 259. The van der Waals surface area contributed by atoms with Crippen LogP contribution in [-0.4, -0.2) is 73.2 Å². The molecule has 0 radical (unpaired) electrons. The van der Waals surface area contributed by atoms with Gasteiger partial charge in [0.25, 0.3) is 0 Å². The maximum absolute atomic E-state index is 11.5. The van der Waals surface area contributed by atoms with Crippen molar-refractivity contribution in [2.45, 2.75) is 39.2 Å². The fourth-order valence-electron chi connectivity index (χ4n) is 1.97. The van der Waals surface area contributed by atoms with Crippen molar-refractivity contribution in [3.8, 4) is 0 Å². The minimum absolute atomic E-state index is 0.546. The Hall–Kier alpha value is -0.650. The first-order valence-electron chi connectivity index (χ1n) is 7.21. The topological polar surface area (TPSA) is 55.8 Å². The Morgan fingerprint density at radius 3 is 2.21 bits per heavy atom. The van der Waals surface area contributed by atoms with Crippen LogP contribution in [0.1, 0.15) is 33.6 Å². The maximum Gasteiger partial charge on any atom is 0.324 e. The summed E-state index contributed by atoms with van der Waals surface area (Å²) in [6.07, 6.45) is 1.98. The van der Waals surface area contributed by atoms with E-state index < -0.39 is 11.5 Å². The van der Waals surface area contributed by atoms with E-state index >= 15 is 0 Å². The summed E-state index contributed by atoms with van der Waals surface area (Å²) >= 11 is 0. The van der Waals surface area contributed by atoms with Crippen LogP contribution in [0.15, 0.2) is 0 Å². The molecule has 0 bridgehead atoms. The van der Waals surface area contributed by atoms with Gasteiger partial charge in [-0.05, 0) is 47.0 Å². The summed E-state index contributed by atoms with van der Waals surface area (Å²) in [6.45, 7) is 10.0. The van der Waals surface area contributed by atoms with Crippen LogP contribution in [0.25, 0.3) is 0 Å². The highest BCUT2D eigenvalue weighted by atomic mass is 16.4. The zero-order valence-electron chi connectivity index (χ0n) is 13.2. The highest BCUT2D eigenvalue weighted by Gasteiger charge is 2.34. The molecule has 0 fully saturated rings. The predicted octanol–water partition coefficient (Wildman–Crippen LogP) is 1.10. The Morgan fingerprint density at radius 2 is 1.79 bits per heavy atom. The van der Waals surface area contributed by atoms with Gasteiger partial charge in [0.05, 0.1) is 0 Å². The standard InChI is InChI=1S/C14H31N3O2/c1-6-8-15-14(3,13(18)19)12-17(9-7-2)11-10-16(4)5/h15H,6-12H2,1-5H3,(H,18,19). The Balaban J connectivity index is 4.58. The lowest BCUT2D eigenvalue weighted by Gasteiger charge is -2.33. The van der Waals surface area contributed by atoms with E-state index in [2.05, 4.69) is 22.0 Å². The summed E-state index contributed by atoms with van der Waals surface area (Å²) in [4.78, 5) is 15.9. The largest absolute Gasteiger partial charge is 0.480 e.